The summed E-state index contributed by atoms with van der Waals surface area (Å²) in [4.78, 5) is 17.1. The van der Waals surface area contributed by atoms with Crippen LogP contribution in [-0.2, 0) is 11.3 Å². The lowest BCUT2D eigenvalue weighted by atomic mass is 10.1. The highest BCUT2D eigenvalue weighted by Gasteiger charge is 2.54. The number of carbonyl (C=O) groups excluding carboxylic acids is 1. The van der Waals surface area contributed by atoms with Crippen molar-refractivity contribution in [3.05, 3.63) is 16.1 Å². The van der Waals surface area contributed by atoms with Crippen molar-refractivity contribution in [3.63, 3.8) is 0 Å². The lowest BCUT2D eigenvalue weighted by Gasteiger charge is -2.13. The molecule has 1 amide bonds. The van der Waals surface area contributed by atoms with Gasteiger partial charge in [-0.1, -0.05) is 5.16 Å². The predicted molar refractivity (Wildman–Crippen MR) is 63.8 cm³/mol. The number of aromatic nitrogens is 1. The number of thiazole rings is 1. The smallest absolute Gasteiger partial charge is 0.234 e. The first-order chi connectivity index (χ1) is 8.10. The summed E-state index contributed by atoms with van der Waals surface area (Å²) in [7, 11) is 0. The van der Waals surface area contributed by atoms with E-state index in [0.29, 0.717) is 19.4 Å². The number of carbonyl (C=O) groups is 1. The zero-order valence-electron chi connectivity index (χ0n) is 9.43. The zero-order chi connectivity index (χ0) is 12.5. The molecule has 0 unspecified atom stereocenters. The maximum absolute atomic E-state index is 11.9. The van der Waals surface area contributed by atoms with Crippen LogP contribution in [-0.4, -0.2) is 21.9 Å². The molecule has 7 heteroatoms. The SMILES string of the molecule is Cc1ncsc1CNC(=O)C1(C(N)=NO)CC1. The highest BCUT2D eigenvalue weighted by Crippen LogP contribution is 2.46. The minimum Gasteiger partial charge on any atom is -0.409 e. The molecular formula is C10H14N4O2S. The van der Waals surface area contributed by atoms with E-state index in [9.17, 15) is 4.79 Å². The van der Waals surface area contributed by atoms with Gasteiger partial charge in [-0.15, -0.1) is 11.3 Å². The largest absolute Gasteiger partial charge is 0.409 e. The Balaban J connectivity index is 1.97. The number of amides is 1. The van der Waals surface area contributed by atoms with Crippen LogP contribution in [0.5, 0.6) is 0 Å². The van der Waals surface area contributed by atoms with E-state index in [-0.39, 0.29) is 11.7 Å². The van der Waals surface area contributed by atoms with Gasteiger partial charge in [0, 0.05) is 4.88 Å². The Kier molecular flexibility index (Phi) is 3.01. The highest BCUT2D eigenvalue weighted by atomic mass is 32.1. The number of nitrogens with zero attached hydrogens (tertiary/aromatic N) is 2. The molecular weight excluding hydrogens is 240 g/mol. The van der Waals surface area contributed by atoms with Crippen LogP contribution in [0.3, 0.4) is 0 Å². The minimum atomic E-state index is -0.784. The summed E-state index contributed by atoms with van der Waals surface area (Å²) < 4.78 is 0. The molecule has 1 heterocycles. The van der Waals surface area contributed by atoms with Crippen LogP contribution in [0.2, 0.25) is 0 Å². The first-order valence-corrected chi connectivity index (χ1v) is 6.13. The normalized spacial score (nSPS) is 17.8. The molecule has 0 saturated heterocycles. The van der Waals surface area contributed by atoms with E-state index < -0.39 is 5.41 Å². The highest BCUT2D eigenvalue weighted by molar-refractivity contribution is 7.09. The number of hydrogen-bond donors (Lipinski definition) is 3. The topological polar surface area (TPSA) is 101 Å². The Morgan fingerprint density at radius 3 is 2.94 bits per heavy atom. The maximum Gasteiger partial charge on any atom is 0.234 e. The van der Waals surface area contributed by atoms with Crippen LogP contribution in [0, 0.1) is 12.3 Å². The van der Waals surface area contributed by atoms with Gasteiger partial charge in [-0.05, 0) is 19.8 Å². The number of amidine groups is 1. The van der Waals surface area contributed by atoms with Gasteiger partial charge in [-0.25, -0.2) is 4.98 Å². The van der Waals surface area contributed by atoms with E-state index in [4.69, 9.17) is 10.9 Å². The van der Waals surface area contributed by atoms with Crippen LogP contribution in [0.15, 0.2) is 10.7 Å². The number of hydrogen-bond acceptors (Lipinski definition) is 5. The molecule has 0 aromatic carbocycles. The lowest BCUT2D eigenvalue weighted by Crippen LogP contribution is -2.40. The summed E-state index contributed by atoms with van der Waals surface area (Å²) in [6, 6.07) is 0. The van der Waals surface area contributed by atoms with E-state index in [1.807, 2.05) is 6.92 Å². The Bertz CT molecular complexity index is 465. The van der Waals surface area contributed by atoms with Gasteiger partial charge in [0.25, 0.3) is 0 Å². The van der Waals surface area contributed by atoms with Gasteiger partial charge in [0.05, 0.1) is 17.7 Å². The summed E-state index contributed by atoms with van der Waals surface area (Å²) in [6.07, 6.45) is 1.27. The van der Waals surface area contributed by atoms with Crippen molar-refractivity contribution in [2.24, 2.45) is 16.3 Å². The van der Waals surface area contributed by atoms with Crippen molar-refractivity contribution in [2.45, 2.75) is 26.3 Å². The Morgan fingerprint density at radius 2 is 2.47 bits per heavy atom. The molecule has 1 aliphatic rings. The molecule has 2 rings (SSSR count). The standard InChI is InChI=1S/C10H14N4O2S/c1-6-7(17-5-13-6)4-12-9(15)10(2-3-10)8(11)14-16/h5,16H,2-4H2,1H3,(H2,11,14)(H,12,15). The van der Waals surface area contributed by atoms with E-state index in [2.05, 4.69) is 15.5 Å². The summed E-state index contributed by atoms with van der Waals surface area (Å²) in [5.41, 5.74) is 7.40. The molecule has 4 N–H and O–H groups in total. The first kappa shape index (κ1) is 11.8. The number of nitrogens with one attached hydrogen (secondary N) is 1. The zero-order valence-corrected chi connectivity index (χ0v) is 10.3. The van der Waals surface area contributed by atoms with Crippen molar-refractivity contribution in [2.75, 3.05) is 0 Å². The lowest BCUT2D eigenvalue weighted by molar-refractivity contribution is -0.124. The first-order valence-electron chi connectivity index (χ1n) is 5.25. The molecule has 1 fully saturated rings. The molecule has 1 aliphatic carbocycles. The van der Waals surface area contributed by atoms with E-state index >= 15 is 0 Å². The number of aryl methyl sites for hydroxylation is 1. The minimum absolute atomic E-state index is 0.00368. The molecule has 1 saturated carbocycles. The Morgan fingerprint density at radius 1 is 1.76 bits per heavy atom. The molecule has 92 valence electrons. The second kappa shape index (κ2) is 4.33. The Labute approximate surface area is 103 Å². The fourth-order valence-corrected chi connectivity index (χ4v) is 2.36. The summed E-state index contributed by atoms with van der Waals surface area (Å²) in [5, 5.41) is 14.4. The van der Waals surface area contributed by atoms with Crippen LogP contribution >= 0.6 is 11.3 Å². The van der Waals surface area contributed by atoms with Gasteiger partial charge in [-0.3, -0.25) is 4.79 Å². The van der Waals surface area contributed by atoms with Crippen LogP contribution in [0.25, 0.3) is 0 Å². The predicted octanol–water partition coefficient (Wildman–Crippen LogP) is 0.594. The molecule has 0 bridgehead atoms. The maximum atomic E-state index is 11.9. The third-order valence-corrected chi connectivity index (χ3v) is 3.97. The van der Waals surface area contributed by atoms with Gasteiger partial charge in [0.2, 0.25) is 5.91 Å². The van der Waals surface area contributed by atoms with E-state index in [1.165, 1.54) is 11.3 Å². The fraction of sp³-hybridized carbons (Fsp3) is 0.500. The van der Waals surface area contributed by atoms with Crippen molar-refractivity contribution in [1.82, 2.24) is 10.3 Å². The average Bonchev–Trinajstić information content (AvgIpc) is 3.04. The van der Waals surface area contributed by atoms with Crippen molar-refractivity contribution in [3.8, 4) is 0 Å². The van der Waals surface area contributed by atoms with Gasteiger partial charge in [0.15, 0.2) is 5.84 Å². The van der Waals surface area contributed by atoms with E-state index in [0.717, 1.165) is 10.6 Å². The van der Waals surface area contributed by atoms with Gasteiger partial charge >= 0.3 is 0 Å². The second-order valence-corrected chi connectivity index (χ2v) is 5.05. The van der Waals surface area contributed by atoms with Crippen LogP contribution in [0.4, 0.5) is 0 Å². The fourth-order valence-electron chi connectivity index (χ4n) is 1.65. The molecule has 0 atom stereocenters. The Hall–Kier alpha value is -1.63. The number of nitrogens with two attached hydrogens (primary N) is 1. The number of oxime groups is 1. The summed E-state index contributed by atoms with van der Waals surface area (Å²) >= 11 is 1.50. The second-order valence-electron chi connectivity index (χ2n) is 4.11. The van der Waals surface area contributed by atoms with Crippen molar-refractivity contribution >= 4 is 23.1 Å². The van der Waals surface area contributed by atoms with Crippen LogP contribution < -0.4 is 11.1 Å². The quantitative estimate of drug-likeness (QED) is 0.317. The molecule has 17 heavy (non-hydrogen) atoms. The number of rotatable bonds is 4. The van der Waals surface area contributed by atoms with Crippen molar-refractivity contribution < 1.29 is 10.0 Å². The molecule has 0 aliphatic heterocycles. The third kappa shape index (κ3) is 2.10. The third-order valence-electron chi connectivity index (χ3n) is 3.04. The molecule has 6 nitrogen and oxygen atoms in total. The van der Waals surface area contributed by atoms with E-state index in [1.54, 1.807) is 5.51 Å². The van der Waals surface area contributed by atoms with Crippen LogP contribution in [0.1, 0.15) is 23.4 Å². The van der Waals surface area contributed by atoms with Gasteiger partial charge in [-0.2, -0.15) is 0 Å². The molecule has 1 aromatic rings. The molecule has 1 aromatic heterocycles. The summed E-state index contributed by atoms with van der Waals surface area (Å²) in [5.74, 6) is -0.184. The summed E-state index contributed by atoms with van der Waals surface area (Å²) in [6.45, 7) is 2.34. The monoisotopic (exact) mass is 254 g/mol. The molecule has 0 spiro atoms. The van der Waals surface area contributed by atoms with Gasteiger partial charge in [0.1, 0.15) is 5.41 Å². The molecule has 0 radical (unpaired) electrons. The van der Waals surface area contributed by atoms with Gasteiger partial charge < -0.3 is 16.3 Å². The average molecular weight is 254 g/mol. The van der Waals surface area contributed by atoms with Crippen molar-refractivity contribution in [1.29, 1.82) is 0 Å².